The Balaban J connectivity index is 2.16. The molecule has 1 rings (SSSR count). The molecule has 16 heavy (non-hydrogen) atoms. The third kappa shape index (κ3) is 6.23. The zero-order chi connectivity index (χ0) is 11.6. The van der Waals surface area contributed by atoms with Gasteiger partial charge in [0.15, 0.2) is 0 Å². The highest BCUT2D eigenvalue weighted by atomic mass is 28.3. The first-order valence-electron chi connectivity index (χ1n) is 5.37. The van der Waals surface area contributed by atoms with Crippen LogP contribution in [0.4, 0.5) is 0 Å². The van der Waals surface area contributed by atoms with Crippen LogP contribution in [-0.2, 0) is 11.3 Å². The summed E-state index contributed by atoms with van der Waals surface area (Å²) < 4.78 is 5.48. The van der Waals surface area contributed by atoms with Gasteiger partial charge >= 0.3 is 0 Å². The summed E-state index contributed by atoms with van der Waals surface area (Å²) in [6, 6.07) is 10.2. The van der Waals surface area contributed by atoms with E-state index in [4.69, 9.17) is 4.74 Å². The molecule has 1 aromatic rings. The summed E-state index contributed by atoms with van der Waals surface area (Å²) in [5.74, 6) is 3.02. The van der Waals surface area contributed by atoms with Crippen LogP contribution in [0.1, 0.15) is 5.56 Å². The quantitative estimate of drug-likeness (QED) is 0.438. The standard InChI is InChI=1S/C14H17OSi/c1-16(2)12-8-4-7-11-15-13-14-9-5-3-6-10-14/h3-7,9-10H,11,13H2,1-2H3/b7-4+. The van der Waals surface area contributed by atoms with E-state index in [2.05, 4.69) is 36.7 Å². The summed E-state index contributed by atoms with van der Waals surface area (Å²) in [7, 11) is -0.423. The zero-order valence-electron chi connectivity index (χ0n) is 9.86. The van der Waals surface area contributed by atoms with Gasteiger partial charge in [-0.3, -0.25) is 0 Å². The number of allylic oxidation sites excluding steroid dienone is 1. The molecule has 83 valence electrons. The predicted molar refractivity (Wildman–Crippen MR) is 70.5 cm³/mol. The van der Waals surface area contributed by atoms with E-state index < -0.39 is 8.80 Å². The number of rotatable bonds is 4. The molecule has 0 unspecified atom stereocenters. The lowest BCUT2D eigenvalue weighted by Gasteiger charge is -1.99. The molecule has 0 aromatic heterocycles. The van der Waals surface area contributed by atoms with Gasteiger partial charge in [0.2, 0.25) is 0 Å². The van der Waals surface area contributed by atoms with Crippen LogP contribution in [0.3, 0.4) is 0 Å². The van der Waals surface area contributed by atoms with Gasteiger partial charge in [0.1, 0.15) is 8.80 Å². The molecule has 0 saturated heterocycles. The molecular formula is C14H17OSi. The first kappa shape index (κ1) is 12.8. The van der Waals surface area contributed by atoms with Gasteiger partial charge in [-0.1, -0.05) is 55.4 Å². The van der Waals surface area contributed by atoms with Crippen molar-refractivity contribution in [1.29, 1.82) is 0 Å². The summed E-state index contributed by atoms with van der Waals surface area (Å²) in [6.07, 6.45) is 3.84. The second kappa shape index (κ2) is 7.92. The minimum atomic E-state index is -0.423. The molecule has 0 N–H and O–H groups in total. The normalized spacial score (nSPS) is 10.4. The fourth-order valence-electron chi connectivity index (χ4n) is 1.11. The summed E-state index contributed by atoms with van der Waals surface area (Å²) in [5.41, 5.74) is 4.37. The Morgan fingerprint density at radius 1 is 1.25 bits per heavy atom. The minimum absolute atomic E-state index is 0.423. The van der Waals surface area contributed by atoms with Crippen LogP contribution in [0.5, 0.6) is 0 Å². The highest BCUT2D eigenvalue weighted by Gasteiger charge is 1.88. The molecule has 1 aromatic carbocycles. The van der Waals surface area contributed by atoms with Crippen molar-refractivity contribution in [1.82, 2.24) is 0 Å². The van der Waals surface area contributed by atoms with E-state index in [9.17, 15) is 0 Å². The molecule has 0 aliphatic heterocycles. The molecule has 0 heterocycles. The largest absolute Gasteiger partial charge is 0.373 e. The monoisotopic (exact) mass is 229 g/mol. The Labute approximate surface area is 99.8 Å². The molecule has 1 radical (unpaired) electrons. The number of hydrogen-bond acceptors (Lipinski definition) is 1. The van der Waals surface area contributed by atoms with Crippen LogP contribution >= 0.6 is 0 Å². The highest BCUT2D eigenvalue weighted by Crippen LogP contribution is 1.99. The molecule has 0 amide bonds. The molecule has 0 atom stereocenters. The molecule has 0 saturated carbocycles. The fraction of sp³-hybridized carbons (Fsp3) is 0.286. The van der Waals surface area contributed by atoms with Crippen molar-refractivity contribution in [3.63, 3.8) is 0 Å². The van der Waals surface area contributed by atoms with Crippen LogP contribution in [0.25, 0.3) is 0 Å². The average molecular weight is 229 g/mol. The summed E-state index contributed by atoms with van der Waals surface area (Å²) in [4.78, 5) is 0. The Morgan fingerprint density at radius 3 is 2.69 bits per heavy atom. The molecule has 1 nitrogen and oxygen atoms in total. The maximum absolute atomic E-state index is 5.48. The summed E-state index contributed by atoms with van der Waals surface area (Å²) in [6.45, 7) is 5.64. The van der Waals surface area contributed by atoms with Crippen LogP contribution in [0, 0.1) is 11.5 Å². The molecule has 0 aliphatic rings. The molecule has 0 aliphatic carbocycles. The van der Waals surface area contributed by atoms with Gasteiger partial charge in [-0.05, 0) is 11.6 Å². The van der Waals surface area contributed by atoms with Gasteiger partial charge in [0, 0.05) is 0 Å². The second-order valence-electron chi connectivity index (χ2n) is 3.67. The van der Waals surface area contributed by atoms with Gasteiger partial charge in [0.05, 0.1) is 13.2 Å². The lowest BCUT2D eigenvalue weighted by Crippen LogP contribution is -1.93. The van der Waals surface area contributed by atoms with E-state index in [-0.39, 0.29) is 0 Å². The SMILES string of the molecule is C[Si](C)C#C/C=C/COCc1ccccc1. The maximum atomic E-state index is 5.48. The Bertz CT molecular complexity index is 371. The third-order valence-electron chi connectivity index (χ3n) is 1.85. The topological polar surface area (TPSA) is 9.23 Å². The minimum Gasteiger partial charge on any atom is -0.373 e. The van der Waals surface area contributed by atoms with Crippen molar-refractivity contribution in [2.45, 2.75) is 19.7 Å². The van der Waals surface area contributed by atoms with E-state index in [0.29, 0.717) is 13.2 Å². The average Bonchev–Trinajstić information content (AvgIpc) is 2.29. The Hall–Kier alpha value is -1.30. The van der Waals surface area contributed by atoms with Gasteiger partial charge in [-0.15, -0.1) is 5.54 Å². The smallest absolute Gasteiger partial charge is 0.138 e. The summed E-state index contributed by atoms with van der Waals surface area (Å²) in [5, 5.41) is 0. The van der Waals surface area contributed by atoms with E-state index in [1.54, 1.807) is 0 Å². The van der Waals surface area contributed by atoms with Crippen LogP contribution in [0.2, 0.25) is 13.1 Å². The molecule has 0 bridgehead atoms. The van der Waals surface area contributed by atoms with E-state index in [0.717, 1.165) is 0 Å². The van der Waals surface area contributed by atoms with Gasteiger partial charge in [0.25, 0.3) is 0 Å². The first-order valence-corrected chi connectivity index (χ1v) is 7.87. The highest BCUT2D eigenvalue weighted by molar-refractivity contribution is 6.64. The second-order valence-corrected chi connectivity index (χ2v) is 5.92. The summed E-state index contributed by atoms with van der Waals surface area (Å²) >= 11 is 0. The lowest BCUT2D eigenvalue weighted by atomic mass is 10.2. The predicted octanol–water partition coefficient (Wildman–Crippen LogP) is 3.06. The Morgan fingerprint density at radius 2 is 2.00 bits per heavy atom. The van der Waals surface area contributed by atoms with Crippen LogP contribution in [-0.4, -0.2) is 15.4 Å². The van der Waals surface area contributed by atoms with Crippen molar-refractivity contribution in [3.05, 3.63) is 48.0 Å². The van der Waals surface area contributed by atoms with Gasteiger partial charge in [-0.25, -0.2) is 0 Å². The third-order valence-corrected chi connectivity index (χ3v) is 2.49. The van der Waals surface area contributed by atoms with Crippen LogP contribution < -0.4 is 0 Å². The van der Waals surface area contributed by atoms with E-state index in [1.807, 2.05) is 30.4 Å². The maximum Gasteiger partial charge on any atom is 0.138 e. The zero-order valence-corrected chi connectivity index (χ0v) is 10.9. The molecular weight excluding hydrogens is 212 g/mol. The Kier molecular flexibility index (Phi) is 6.32. The lowest BCUT2D eigenvalue weighted by molar-refractivity contribution is 0.149. The molecule has 0 spiro atoms. The van der Waals surface area contributed by atoms with Crippen LogP contribution in [0.15, 0.2) is 42.5 Å². The fourth-order valence-corrected chi connectivity index (χ4v) is 1.48. The number of hydrogen-bond donors (Lipinski definition) is 0. The molecule has 2 heteroatoms. The van der Waals surface area contributed by atoms with Crippen molar-refractivity contribution in [2.24, 2.45) is 0 Å². The van der Waals surface area contributed by atoms with Crippen molar-refractivity contribution >= 4 is 8.80 Å². The van der Waals surface area contributed by atoms with E-state index >= 15 is 0 Å². The van der Waals surface area contributed by atoms with E-state index in [1.165, 1.54) is 5.56 Å². The van der Waals surface area contributed by atoms with Gasteiger partial charge in [-0.2, -0.15) is 0 Å². The van der Waals surface area contributed by atoms with Gasteiger partial charge < -0.3 is 4.74 Å². The number of ether oxygens (including phenoxy) is 1. The first-order chi connectivity index (χ1) is 7.79. The van der Waals surface area contributed by atoms with Crippen molar-refractivity contribution < 1.29 is 4.74 Å². The van der Waals surface area contributed by atoms with Crippen molar-refractivity contribution in [3.8, 4) is 11.5 Å². The number of benzene rings is 1. The van der Waals surface area contributed by atoms with Crippen molar-refractivity contribution in [2.75, 3.05) is 6.61 Å². The molecule has 0 fully saturated rings.